The predicted octanol–water partition coefficient (Wildman–Crippen LogP) is 2.06. The second kappa shape index (κ2) is 9.01. The van der Waals surface area contributed by atoms with E-state index in [1.807, 2.05) is 0 Å². The smallest absolute Gasteiger partial charge is 0.0540 e. The van der Waals surface area contributed by atoms with Gasteiger partial charge in [0, 0.05) is 0 Å². The molecule has 0 saturated heterocycles. The molecule has 0 aromatic heterocycles. The number of hydrogen-bond donors (Lipinski definition) is 2. The Balaban J connectivity index is 3.02. The minimum Gasteiger partial charge on any atom is -0.393 e. The Hall–Kier alpha value is -0.0800. The van der Waals surface area contributed by atoms with Gasteiger partial charge >= 0.3 is 0 Å². The summed E-state index contributed by atoms with van der Waals surface area (Å²) in [6.45, 7) is 2.94. The number of unbranched alkanes of at least 4 members (excludes halogenated alkanes) is 3. The molecule has 0 saturated carbocycles. The van der Waals surface area contributed by atoms with Crippen LogP contribution < -0.4 is 5.73 Å². The van der Waals surface area contributed by atoms with Crippen molar-refractivity contribution < 1.29 is 5.11 Å². The SMILES string of the molecule is CCCCC(O)CCCCCN. The molecule has 0 aliphatic heterocycles. The first-order valence-electron chi connectivity index (χ1n) is 5.19. The van der Waals surface area contributed by atoms with Crippen molar-refractivity contribution in [2.75, 3.05) is 6.54 Å². The van der Waals surface area contributed by atoms with Crippen molar-refractivity contribution in [2.24, 2.45) is 5.73 Å². The predicted molar refractivity (Wildman–Crippen MR) is 53.1 cm³/mol. The fourth-order valence-electron chi connectivity index (χ4n) is 1.29. The molecule has 0 radical (unpaired) electrons. The Kier molecular flexibility index (Phi) is 8.95. The van der Waals surface area contributed by atoms with Crippen LogP contribution in [0.5, 0.6) is 0 Å². The lowest BCUT2D eigenvalue weighted by Crippen LogP contribution is -2.06. The molecule has 0 bridgehead atoms. The summed E-state index contributed by atoms with van der Waals surface area (Å²) in [5, 5.41) is 9.45. The van der Waals surface area contributed by atoms with Crippen molar-refractivity contribution in [3.8, 4) is 0 Å². The fraction of sp³-hybridized carbons (Fsp3) is 1.00. The molecule has 2 heteroatoms. The first-order valence-corrected chi connectivity index (χ1v) is 5.19. The van der Waals surface area contributed by atoms with Crippen LogP contribution in [0.15, 0.2) is 0 Å². The van der Waals surface area contributed by atoms with E-state index in [-0.39, 0.29) is 6.10 Å². The van der Waals surface area contributed by atoms with Crippen molar-refractivity contribution in [1.29, 1.82) is 0 Å². The monoisotopic (exact) mass is 173 g/mol. The van der Waals surface area contributed by atoms with Crippen LogP contribution in [0.3, 0.4) is 0 Å². The summed E-state index contributed by atoms with van der Waals surface area (Å²) < 4.78 is 0. The average molecular weight is 173 g/mol. The van der Waals surface area contributed by atoms with E-state index in [0.29, 0.717) is 0 Å². The highest BCUT2D eigenvalue weighted by Gasteiger charge is 2.01. The van der Waals surface area contributed by atoms with Gasteiger partial charge in [-0.15, -0.1) is 0 Å². The third-order valence-corrected chi connectivity index (χ3v) is 2.13. The molecule has 12 heavy (non-hydrogen) atoms. The number of aliphatic hydroxyl groups is 1. The fourth-order valence-corrected chi connectivity index (χ4v) is 1.29. The van der Waals surface area contributed by atoms with Crippen LogP contribution in [-0.2, 0) is 0 Å². The van der Waals surface area contributed by atoms with Crippen molar-refractivity contribution in [2.45, 2.75) is 58.0 Å². The highest BCUT2D eigenvalue weighted by molar-refractivity contribution is 4.55. The zero-order valence-electron chi connectivity index (χ0n) is 8.26. The first-order chi connectivity index (χ1) is 5.81. The summed E-state index contributed by atoms with van der Waals surface area (Å²) in [6, 6.07) is 0. The summed E-state index contributed by atoms with van der Waals surface area (Å²) in [4.78, 5) is 0. The molecule has 0 rings (SSSR count). The van der Waals surface area contributed by atoms with E-state index in [4.69, 9.17) is 5.73 Å². The first kappa shape index (κ1) is 11.9. The van der Waals surface area contributed by atoms with E-state index in [1.165, 1.54) is 12.8 Å². The Labute approximate surface area is 76.2 Å². The second-order valence-electron chi connectivity index (χ2n) is 3.43. The molecule has 74 valence electrons. The van der Waals surface area contributed by atoms with Crippen LogP contribution >= 0.6 is 0 Å². The third-order valence-electron chi connectivity index (χ3n) is 2.13. The van der Waals surface area contributed by atoms with Gasteiger partial charge in [-0.2, -0.15) is 0 Å². The number of rotatable bonds is 8. The van der Waals surface area contributed by atoms with E-state index < -0.39 is 0 Å². The molecule has 1 atom stereocenters. The van der Waals surface area contributed by atoms with Crippen molar-refractivity contribution in [3.63, 3.8) is 0 Å². The number of hydrogen-bond acceptors (Lipinski definition) is 2. The lowest BCUT2D eigenvalue weighted by atomic mass is 10.1. The molecule has 0 aliphatic carbocycles. The van der Waals surface area contributed by atoms with Gasteiger partial charge < -0.3 is 10.8 Å². The van der Waals surface area contributed by atoms with Gasteiger partial charge in [-0.05, 0) is 25.8 Å². The molecular weight excluding hydrogens is 150 g/mol. The molecule has 3 N–H and O–H groups in total. The lowest BCUT2D eigenvalue weighted by Gasteiger charge is -2.08. The van der Waals surface area contributed by atoms with Crippen molar-refractivity contribution >= 4 is 0 Å². The van der Waals surface area contributed by atoms with Crippen molar-refractivity contribution in [3.05, 3.63) is 0 Å². The van der Waals surface area contributed by atoms with Crippen LogP contribution in [0.1, 0.15) is 51.9 Å². The maximum absolute atomic E-state index is 9.45. The molecule has 0 fully saturated rings. The van der Waals surface area contributed by atoms with Crippen LogP contribution in [0.2, 0.25) is 0 Å². The van der Waals surface area contributed by atoms with Gasteiger partial charge in [-0.3, -0.25) is 0 Å². The molecule has 0 spiro atoms. The van der Waals surface area contributed by atoms with E-state index in [0.717, 1.165) is 38.6 Å². The Bertz CT molecular complexity index is 85.9. The molecule has 2 nitrogen and oxygen atoms in total. The van der Waals surface area contributed by atoms with E-state index in [9.17, 15) is 5.11 Å². The number of nitrogens with two attached hydrogens (primary N) is 1. The Morgan fingerprint density at radius 2 is 1.75 bits per heavy atom. The molecular formula is C10H23NO. The Morgan fingerprint density at radius 1 is 1.08 bits per heavy atom. The number of aliphatic hydroxyl groups excluding tert-OH is 1. The van der Waals surface area contributed by atoms with Crippen LogP contribution in [0, 0.1) is 0 Å². The van der Waals surface area contributed by atoms with E-state index >= 15 is 0 Å². The normalized spacial score (nSPS) is 13.2. The van der Waals surface area contributed by atoms with Crippen LogP contribution in [-0.4, -0.2) is 17.8 Å². The molecule has 0 aromatic carbocycles. The third kappa shape index (κ3) is 8.02. The minimum atomic E-state index is -0.0669. The van der Waals surface area contributed by atoms with Gasteiger partial charge in [-0.25, -0.2) is 0 Å². The summed E-state index contributed by atoms with van der Waals surface area (Å²) in [5.74, 6) is 0. The zero-order valence-corrected chi connectivity index (χ0v) is 8.26. The van der Waals surface area contributed by atoms with Crippen LogP contribution in [0.25, 0.3) is 0 Å². The summed E-state index contributed by atoms with van der Waals surface area (Å²) in [5.41, 5.74) is 5.36. The van der Waals surface area contributed by atoms with Gasteiger partial charge in [0.15, 0.2) is 0 Å². The molecule has 0 heterocycles. The average Bonchev–Trinajstić information content (AvgIpc) is 2.09. The minimum absolute atomic E-state index is 0.0669. The topological polar surface area (TPSA) is 46.2 Å². The highest BCUT2D eigenvalue weighted by atomic mass is 16.3. The maximum Gasteiger partial charge on any atom is 0.0540 e. The molecule has 1 unspecified atom stereocenters. The largest absolute Gasteiger partial charge is 0.393 e. The van der Waals surface area contributed by atoms with E-state index in [1.54, 1.807) is 0 Å². The highest BCUT2D eigenvalue weighted by Crippen LogP contribution is 2.08. The zero-order chi connectivity index (χ0) is 9.23. The standard InChI is InChI=1S/C10H23NO/c1-2-3-7-10(12)8-5-4-6-9-11/h10,12H,2-9,11H2,1H3. The van der Waals surface area contributed by atoms with Gasteiger partial charge in [0.2, 0.25) is 0 Å². The second-order valence-corrected chi connectivity index (χ2v) is 3.43. The lowest BCUT2D eigenvalue weighted by molar-refractivity contribution is 0.148. The summed E-state index contributed by atoms with van der Waals surface area (Å²) in [7, 11) is 0. The Morgan fingerprint density at radius 3 is 2.33 bits per heavy atom. The van der Waals surface area contributed by atoms with E-state index in [2.05, 4.69) is 6.92 Å². The molecule has 0 aromatic rings. The van der Waals surface area contributed by atoms with Crippen molar-refractivity contribution in [1.82, 2.24) is 0 Å². The van der Waals surface area contributed by atoms with Gasteiger partial charge in [0.1, 0.15) is 0 Å². The van der Waals surface area contributed by atoms with Gasteiger partial charge in [0.05, 0.1) is 6.10 Å². The summed E-state index contributed by atoms with van der Waals surface area (Å²) in [6.07, 6.45) is 7.59. The van der Waals surface area contributed by atoms with Crippen LogP contribution in [0.4, 0.5) is 0 Å². The maximum atomic E-state index is 9.45. The van der Waals surface area contributed by atoms with Gasteiger partial charge in [0.25, 0.3) is 0 Å². The molecule has 0 amide bonds. The van der Waals surface area contributed by atoms with Gasteiger partial charge in [-0.1, -0.05) is 32.6 Å². The summed E-state index contributed by atoms with van der Waals surface area (Å²) >= 11 is 0. The molecule has 0 aliphatic rings. The quantitative estimate of drug-likeness (QED) is 0.552.